The highest BCUT2D eigenvalue weighted by Gasteiger charge is 2.54. The van der Waals surface area contributed by atoms with Gasteiger partial charge in [-0.3, -0.25) is 4.79 Å². The average molecular weight is 359 g/mol. The summed E-state index contributed by atoms with van der Waals surface area (Å²) in [6.45, 7) is -1.72. The summed E-state index contributed by atoms with van der Waals surface area (Å²) in [6, 6.07) is 4.27. The van der Waals surface area contributed by atoms with Crippen molar-refractivity contribution in [2.45, 2.75) is 11.8 Å². The van der Waals surface area contributed by atoms with Crippen molar-refractivity contribution >= 4 is 29.1 Å². The first-order valence-corrected chi connectivity index (χ1v) is 6.89. The van der Waals surface area contributed by atoms with Gasteiger partial charge in [0, 0.05) is 6.54 Å². The molecular weight excluding hydrogens is 344 g/mol. The molecule has 1 aromatic carbocycles. The van der Waals surface area contributed by atoms with E-state index in [2.05, 4.69) is 0 Å². The third-order valence-electron chi connectivity index (χ3n) is 2.84. The van der Waals surface area contributed by atoms with Gasteiger partial charge in [-0.1, -0.05) is 29.3 Å². The molecule has 4 nitrogen and oxygen atoms in total. The minimum Gasteiger partial charge on any atom is -0.378 e. The number of nitrogens with zero attached hydrogens (tertiary/aromatic N) is 1. The first-order chi connectivity index (χ1) is 9.98. The summed E-state index contributed by atoms with van der Waals surface area (Å²) in [5, 5.41) is 11.8. The van der Waals surface area contributed by atoms with Crippen molar-refractivity contribution in [1.29, 1.82) is 0 Å². The van der Waals surface area contributed by atoms with Gasteiger partial charge in [-0.2, -0.15) is 13.2 Å². The first kappa shape index (κ1) is 19.0. The SMILES string of the molecule is CN(C)CC(O)(CNC(=O)c1c(Cl)cccc1Cl)C(F)(F)F. The zero-order valence-corrected chi connectivity index (χ0v) is 13.4. The Kier molecular flexibility index (Phi) is 6.09. The van der Waals surface area contributed by atoms with Crippen molar-refractivity contribution in [3.05, 3.63) is 33.8 Å². The fraction of sp³-hybridized carbons (Fsp3) is 0.462. The quantitative estimate of drug-likeness (QED) is 0.850. The predicted molar refractivity (Wildman–Crippen MR) is 78.4 cm³/mol. The molecule has 1 rings (SSSR count). The second kappa shape index (κ2) is 7.04. The summed E-state index contributed by atoms with van der Waals surface area (Å²) in [7, 11) is 2.76. The molecular formula is C13H15Cl2F3N2O2. The topological polar surface area (TPSA) is 52.6 Å². The van der Waals surface area contributed by atoms with Gasteiger partial charge in [0.15, 0.2) is 5.60 Å². The van der Waals surface area contributed by atoms with E-state index in [9.17, 15) is 23.1 Å². The van der Waals surface area contributed by atoms with E-state index < -0.39 is 30.8 Å². The predicted octanol–water partition coefficient (Wildman–Crippen LogP) is 2.58. The van der Waals surface area contributed by atoms with Gasteiger partial charge in [-0.15, -0.1) is 0 Å². The summed E-state index contributed by atoms with van der Waals surface area (Å²) in [5.74, 6) is -0.892. The summed E-state index contributed by atoms with van der Waals surface area (Å²) in [6.07, 6.45) is -4.91. The van der Waals surface area contributed by atoms with Crippen molar-refractivity contribution in [2.24, 2.45) is 0 Å². The van der Waals surface area contributed by atoms with Crippen LogP contribution >= 0.6 is 23.2 Å². The van der Waals surface area contributed by atoms with Crippen LogP contribution in [0.15, 0.2) is 18.2 Å². The number of carbonyl (C=O) groups excluding carboxylic acids is 1. The van der Waals surface area contributed by atoms with E-state index in [1.54, 1.807) is 0 Å². The third kappa shape index (κ3) is 4.49. The lowest BCUT2D eigenvalue weighted by Crippen LogP contribution is -2.58. The normalized spacial score (nSPS) is 14.8. The smallest absolute Gasteiger partial charge is 0.378 e. The number of amides is 1. The molecule has 1 unspecified atom stereocenters. The standard InChI is InChI=1S/C13H15Cl2F3N2O2/c1-20(2)7-12(22,13(16,17)18)6-19-11(21)10-8(14)4-3-5-9(10)15/h3-5,22H,6-7H2,1-2H3,(H,19,21). The molecule has 0 aliphatic rings. The Bertz CT molecular complexity index is 532. The number of rotatable bonds is 5. The third-order valence-corrected chi connectivity index (χ3v) is 3.47. The van der Waals surface area contributed by atoms with Crippen LogP contribution in [0, 0.1) is 0 Å². The van der Waals surface area contributed by atoms with Crippen LogP contribution in [-0.2, 0) is 0 Å². The number of hydrogen-bond donors (Lipinski definition) is 2. The molecule has 9 heteroatoms. The van der Waals surface area contributed by atoms with E-state index >= 15 is 0 Å². The molecule has 1 atom stereocenters. The van der Waals surface area contributed by atoms with Crippen LogP contribution < -0.4 is 5.32 Å². The highest BCUT2D eigenvalue weighted by Crippen LogP contribution is 2.31. The Labute approximate surface area is 135 Å². The van der Waals surface area contributed by atoms with Gasteiger partial charge in [0.2, 0.25) is 0 Å². The lowest BCUT2D eigenvalue weighted by Gasteiger charge is -2.33. The van der Waals surface area contributed by atoms with Crippen LogP contribution in [-0.4, -0.2) is 54.9 Å². The van der Waals surface area contributed by atoms with Crippen LogP contribution in [0.4, 0.5) is 13.2 Å². The summed E-state index contributed by atoms with van der Waals surface area (Å²) < 4.78 is 39.0. The maximum Gasteiger partial charge on any atom is 0.420 e. The number of likely N-dealkylation sites (N-methyl/N-ethyl adjacent to an activating group) is 1. The zero-order valence-electron chi connectivity index (χ0n) is 11.8. The number of nitrogens with one attached hydrogen (secondary N) is 1. The van der Waals surface area contributed by atoms with Crippen LogP contribution in [0.3, 0.4) is 0 Å². The van der Waals surface area contributed by atoms with Gasteiger partial charge in [0.05, 0.1) is 22.2 Å². The molecule has 0 spiro atoms. The van der Waals surface area contributed by atoms with E-state index in [0.717, 1.165) is 0 Å². The molecule has 0 radical (unpaired) electrons. The monoisotopic (exact) mass is 358 g/mol. The van der Waals surface area contributed by atoms with Crippen LogP contribution in [0.2, 0.25) is 10.0 Å². The van der Waals surface area contributed by atoms with Crippen molar-refractivity contribution in [3.8, 4) is 0 Å². The molecule has 22 heavy (non-hydrogen) atoms. The lowest BCUT2D eigenvalue weighted by atomic mass is 10.0. The molecule has 0 saturated carbocycles. The van der Waals surface area contributed by atoms with Gasteiger partial charge in [0.1, 0.15) is 0 Å². The molecule has 0 bridgehead atoms. The molecule has 0 heterocycles. The maximum atomic E-state index is 13.0. The fourth-order valence-corrected chi connectivity index (χ4v) is 2.37. The highest BCUT2D eigenvalue weighted by atomic mass is 35.5. The van der Waals surface area contributed by atoms with Crippen molar-refractivity contribution in [1.82, 2.24) is 10.2 Å². The minimum absolute atomic E-state index is 0.00755. The number of hydrogen-bond acceptors (Lipinski definition) is 3. The molecule has 0 aromatic heterocycles. The van der Waals surface area contributed by atoms with E-state index in [0.29, 0.717) is 0 Å². The van der Waals surface area contributed by atoms with Crippen molar-refractivity contribution in [3.63, 3.8) is 0 Å². The molecule has 0 aliphatic carbocycles. The van der Waals surface area contributed by atoms with Gasteiger partial charge in [0.25, 0.3) is 5.91 Å². The fourth-order valence-electron chi connectivity index (χ4n) is 1.80. The zero-order chi connectivity index (χ0) is 17.1. The Morgan fingerprint density at radius 1 is 1.27 bits per heavy atom. The average Bonchev–Trinajstić information content (AvgIpc) is 2.34. The molecule has 1 aromatic rings. The molecule has 0 saturated heterocycles. The van der Waals surface area contributed by atoms with Gasteiger partial charge < -0.3 is 15.3 Å². The second-order valence-electron chi connectivity index (χ2n) is 5.05. The number of aliphatic hydroxyl groups is 1. The van der Waals surface area contributed by atoms with Gasteiger partial charge in [-0.05, 0) is 26.2 Å². The van der Waals surface area contributed by atoms with Crippen LogP contribution in [0.5, 0.6) is 0 Å². The van der Waals surface area contributed by atoms with Crippen LogP contribution in [0.25, 0.3) is 0 Å². The Balaban J connectivity index is 2.92. The molecule has 0 fully saturated rings. The largest absolute Gasteiger partial charge is 0.420 e. The summed E-state index contributed by atoms with van der Waals surface area (Å²) >= 11 is 11.6. The minimum atomic E-state index is -4.91. The van der Waals surface area contributed by atoms with E-state index in [-0.39, 0.29) is 15.6 Å². The molecule has 1 amide bonds. The van der Waals surface area contributed by atoms with Crippen molar-refractivity contribution in [2.75, 3.05) is 27.2 Å². The number of carbonyl (C=O) groups is 1. The Morgan fingerprint density at radius 3 is 2.18 bits per heavy atom. The van der Waals surface area contributed by atoms with Crippen LogP contribution in [0.1, 0.15) is 10.4 Å². The van der Waals surface area contributed by atoms with E-state index in [1.165, 1.54) is 37.2 Å². The van der Waals surface area contributed by atoms with E-state index in [4.69, 9.17) is 23.2 Å². The lowest BCUT2D eigenvalue weighted by molar-refractivity contribution is -0.260. The number of halogens is 5. The summed E-state index contributed by atoms with van der Waals surface area (Å²) in [5.41, 5.74) is -3.22. The number of benzene rings is 1. The van der Waals surface area contributed by atoms with E-state index in [1.807, 2.05) is 5.32 Å². The second-order valence-corrected chi connectivity index (χ2v) is 5.86. The first-order valence-electron chi connectivity index (χ1n) is 6.14. The maximum absolute atomic E-state index is 13.0. The van der Waals surface area contributed by atoms with Crippen molar-refractivity contribution < 1.29 is 23.1 Å². The summed E-state index contributed by atoms with van der Waals surface area (Å²) in [4.78, 5) is 13.1. The van der Waals surface area contributed by atoms with Gasteiger partial charge in [-0.25, -0.2) is 0 Å². The Hall–Kier alpha value is -1.02. The molecule has 2 N–H and O–H groups in total. The molecule has 124 valence electrons. The Morgan fingerprint density at radius 2 is 1.77 bits per heavy atom. The molecule has 0 aliphatic heterocycles. The highest BCUT2D eigenvalue weighted by molar-refractivity contribution is 6.39. The number of alkyl halides is 3. The van der Waals surface area contributed by atoms with Gasteiger partial charge >= 0.3 is 6.18 Å².